The minimum absolute atomic E-state index is 0.0128. The van der Waals surface area contributed by atoms with Gasteiger partial charge in [-0.25, -0.2) is 14.4 Å². The van der Waals surface area contributed by atoms with Gasteiger partial charge in [0, 0.05) is 41.0 Å². The monoisotopic (exact) mass is 555 g/mol. The lowest BCUT2D eigenvalue weighted by molar-refractivity contribution is -0.211. The fourth-order valence-electron chi connectivity index (χ4n) is 8.49. The molecule has 0 aliphatic heterocycles. The summed E-state index contributed by atoms with van der Waals surface area (Å²) in [6.07, 6.45) is 13.5. The van der Waals surface area contributed by atoms with Crippen molar-refractivity contribution in [2.75, 3.05) is 11.4 Å². The number of rotatable bonds is 7. The summed E-state index contributed by atoms with van der Waals surface area (Å²) in [4.78, 5) is 29.9. The van der Waals surface area contributed by atoms with Gasteiger partial charge in [0.1, 0.15) is 11.5 Å². The predicted octanol–water partition coefficient (Wildman–Crippen LogP) is 6.65. The first-order valence-electron chi connectivity index (χ1n) is 15.4. The number of hydrogen-bond acceptors (Lipinski definition) is 6. The number of anilines is 1. The van der Waals surface area contributed by atoms with Crippen LogP contribution in [0.25, 0.3) is 11.1 Å². The van der Waals surface area contributed by atoms with Gasteiger partial charge in [0.15, 0.2) is 5.82 Å². The number of carbonyl (C=O) groups is 1. The van der Waals surface area contributed by atoms with Gasteiger partial charge in [-0.1, -0.05) is 37.1 Å². The molecule has 9 rings (SSSR count). The van der Waals surface area contributed by atoms with E-state index >= 15 is 0 Å². The highest BCUT2D eigenvalue weighted by atomic mass is 19.1. The number of amides is 1. The number of benzene rings is 1. The van der Waals surface area contributed by atoms with Gasteiger partial charge in [-0.15, -0.1) is 0 Å². The van der Waals surface area contributed by atoms with E-state index in [1.54, 1.807) is 0 Å². The Labute approximate surface area is 240 Å². The second-order valence-corrected chi connectivity index (χ2v) is 14.4. The summed E-state index contributed by atoms with van der Waals surface area (Å²) in [6.45, 7) is 4.76. The van der Waals surface area contributed by atoms with E-state index in [4.69, 9.17) is 9.51 Å². The van der Waals surface area contributed by atoms with Crippen molar-refractivity contribution >= 4 is 11.6 Å². The van der Waals surface area contributed by atoms with Crippen molar-refractivity contribution in [2.24, 2.45) is 17.3 Å². The average molecular weight is 556 g/mol. The van der Waals surface area contributed by atoms with Crippen LogP contribution in [0, 0.1) is 24.2 Å². The zero-order valence-corrected chi connectivity index (χ0v) is 24.0. The molecule has 3 unspecified atom stereocenters. The van der Waals surface area contributed by atoms with E-state index in [-0.39, 0.29) is 16.7 Å². The van der Waals surface area contributed by atoms with Crippen molar-refractivity contribution < 1.29 is 13.7 Å². The number of halogens is 1. The maximum atomic E-state index is 14.6. The van der Waals surface area contributed by atoms with Crippen molar-refractivity contribution in [3.05, 3.63) is 54.2 Å². The molecule has 1 aromatic carbocycles. The van der Waals surface area contributed by atoms with Crippen LogP contribution in [0.4, 0.5) is 10.1 Å². The van der Waals surface area contributed by atoms with Crippen LogP contribution in [0.1, 0.15) is 95.1 Å². The molecule has 6 aliphatic carbocycles. The lowest BCUT2D eigenvalue weighted by Gasteiger charge is -2.65. The highest BCUT2D eigenvalue weighted by Gasteiger charge is 2.73. The summed E-state index contributed by atoms with van der Waals surface area (Å²) < 4.78 is 20.3. The first-order chi connectivity index (χ1) is 19.7. The van der Waals surface area contributed by atoms with Crippen molar-refractivity contribution in [1.29, 1.82) is 0 Å². The van der Waals surface area contributed by atoms with Gasteiger partial charge in [-0.2, -0.15) is 4.98 Å². The Morgan fingerprint density at radius 3 is 2.59 bits per heavy atom. The van der Waals surface area contributed by atoms with Gasteiger partial charge in [0.25, 0.3) is 0 Å². The number of alkyl halides is 1. The van der Waals surface area contributed by atoms with Crippen LogP contribution in [0.5, 0.6) is 0 Å². The zero-order chi connectivity index (χ0) is 28.0. The minimum atomic E-state index is -1.11. The summed E-state index contributed by atoms with van der Waals surface area (Å²) in [5.41, 5.74) is 1.22. The van der Waals surface area contributed by atoms with Gasteiger partial charge in [0.05, 0.1) is 5.41 Å². The summed E-state index contributed by atoms with van der Waals surface area (Å²) in [5.74, 6) is 3.43. The van der Waals surface area contributed by atoms with Crippen LogP contribution in [-0.4, -0.2) is 38.2 Å². The standard InChI is InChI=1S/C33H38FN5O2/c1-21-35-15-25(16-36-21)22-5-3-7-26(13-22)39(29(40)32-18-33(34,19-32)20-32)17-24-8-10-31(9-4-6-23(24)14-31)27-37-28(41-38-27)30(2)11-12-30/h3,5,7,13,15-16,23-24H,4,6,8-12,14,17-20H2,1-2H3. The number of aromatic nitrogens is 4. The molecule has 0 saturated heterocycles. The Bertz CT molecular complexity index is 1490. The first-order valence-corrected chi connectivity index (χ1v) is 15.4. The normalized spacial score (nSPS) is 34.3. The van der Waals surface area contributed by atoms with Crippen molar-refractivity contribution in [3.8, 4) is 11.1 Å². The lowest BCUT2D eigenvalue weighted by atomic mass is 9.42. The fraction of sp³-hybridized carbons (Fsp3) is 0.606. The number of fused-ring (bicyclic) bond motifs is 2. The number of carbonyl (C=O) groups excluding carboxylic acids is 1. The van der Waals surface area contributed by atoms with E-state index in [2.05, 4.69) is 28.1 Å². The molecule has 2 heterocycles. The Balaban J connectivity index is 1.07. The fourth-order valence-corrected chi connectivity index (χ4v) is 8.49. The van der Waals surface area contributed by atoms with Gasteiger partial charge in [0.2, 0.25) is 11.8 Å². The smallest absolute Gasteiger partial charge is 0.233 e. The minimum Gasteiger partial charge on any atom is -0.339 e. The third-order valence-electron chi connectivity index (χ3n) is 11.3. The Morgan fingerprint density at radius 1 is 1.07 bits per heavy atom. The van der Waals surface area contributed by atoms with Crippen LogP contribution in [0.15, 0.2) is 41.2 Å². The van der Waals surface area contributed by atoms with E-state index in [0.717, 1.165) is 85.7 Å². The number of aryl methyl sites for hydroxylation is 1. The van der Waals surface area contributed by atoms with Crippen molar-refractivity contribution in [2.45, 2.75) is 101 Å². The maximum Gasteiger partial charge on any atom is 0.233 e. The second-order valence-electron chi connectivity index (χ2n) is 14.4. The maximum absolute atomic E-state index is 14.6. The molecule has 6 fully saturated rings. The topological polar surface area (TPSA) is 85.0 Å². The molecular weight excluding hydrogens is 517 g/mol. The van der Waals surface area contributed by atoms with Crippen LogP contribution in [0.3, 0.4) is 0 Å². The molecular formula is C33H38FN5O2. The van der Waals surface area contributed by atoms with Crippen LogP contribution in [0.2, 0.25) is 0 Å². The highest BCUT2D eigenvalue weighted by molar-refractivity contribution is 6.00. The lowest BCUT2D eigenvalue weighted by Crippen LogP contribution is -2.70. The summed E-state index contributed by atoms with van der Waals surface area (Å²) in [7, 11) is 0. The van der Waals surface area contributed by atoms with E-state index in [0.29, 0.717) is 37.6 Å². The molecule has 6 saturated carbocycles. The van der Waals surface area contributed by atoms with Crippen LogP contribution >= 0.6 is 0 Å². The number of nitrogens with zero attached hydrogens (tertiary/aromatic N) is 5. The number of hydrogen-bond donors (Lipinski definition) is 0. The molecule has 41 heavy (non-hydrogen) atoms. The third-order valence-corrected chi connectivity index (χ3v) is 11.3. The summed E-state index contributed by atoms with van der Waals surface area (Å²) >= 11 is 0. The molecule has 0 radical (unpaired) electrons. The third kappa shape index (κ3) is 4.07. The molecule has 6 aliphatic rings. The molecule has 3 aromatic rings. The summed E-state index contributed by atoms with van der Waals surface area (Å²) in [5, 5.41) is 4.53. The Morgan fingerprint density at radius 2 is 1.85 bits per heavy atom. The molecule has 2 aromatic heterocycles. The first kappa shape index (κ1) is 25.5. The van der Waals surface area contributed by atoms with Gasteiger partial charge < -0.3 is 9.42 Å². The molecule has 7 nitrogen and oxygen atoms in total. The highest BCUT2D eigenvalue weighted by Crippen LogP contribution is 2.70. The predicted molar refractivity (Wildman–Crippen MR) is 152 cm³/mol. The van der Waals surface area contributed by atoms with E-state index < -0.39 is 11.1 Å². The Kier molecular flexibility index (Phi) is 5.41. The van der Waals surface area contributed by atoms with Crippen molar-refractivity contribution in [1.82, 2.24) is 20.1 Å². The van der Waals surface area contributed by atoms with E-state index in [1.165, 1.54) is 0 Å². The molecule has 4 bridgehead atoms. The van der Waals surface area contributed by atoms with Crippen LogP contribution in [-0.2, 0) is 15.6 Å². The van der Waals surface area contributed by atoms with Crippen LogP contribution < -0.4 is 4.90 Å². The van der Waals surface area contributed by atoms with E-state index in [9.17, 15) is 9.18 Å². The molecule has 3 atom stereocenters. The van der Waals surface area contributed by atoms with Gasteiger partial charge in [-0.3, -0.25) is 4.79 Å². The molecule has 214 valence electrons. The quantitative estimate of drug-likeness (QED) is 0.325. The molecule has 1 amide bonds. The summed E-state index contributed by atoms with van der Waals surface area (Å²) in [6, 6.07) is 8.15. The van der Waals surface area contributed by atoms with Crippen molar-refractivity contribution in [3.63, 3.8) is 0 Å². The second kappa shape index (κ2) is 8.68. The molecule has 0 spiro atoms. The van der Waals surface area contributed by atoms with Gasteiger partial charge >= 0.3 is 0 Å². The largest absolute Gasteiger partial charge is 0.339 e. The average Bonchev–Trinajstić information content (AvgIpc) is 3.48. The zero-order valence-electron chi connectivity index (χ0n) is 24.0. The van der Waals surface area contributed by atoms with Gasteiger partial charge in [-0.05, 0) is 94.2 Å². The molecule has 8 heteroatoms. The molecule has 0 N–H and O–H groups in total. The van der Waals surface area contributed by atoms with E-state index in [1.807, 2.05) is 42.4 Å². The Hall–Kier alpha value is -3.16. The SMILES string of the molecule is Cc1ncc(-c2cccc(N(CC3CCC4(c5noc(C6(C)CC6)n5)CCCC3C4)C(=O)C34CC(F)(C3)C4)c2)cn1.